The fourth-order valence-electron chi connectivity index (χ4n) is 1.27. The van der Waals surface area contributed by atoms with Crippen LogP contribution in [0.3, 0.4) is 0 Å². The van der Waals surface area contributed by atoms with Crippen LogP contribution in [0, 0.1) is 11.9 Å². The van der Waals surface area contributed by atoms with Gasteiger partial charge in [-0.3, -0.25) is 0 Å². The van der Waals surface area contributed by atoms with Gasteiger partial charge in [0.15, 0.2) is 0 Å². The van der Waals surface area contributed by atoms with Gasteiger partial charge in [0.05, 0.1) is 11.6 Å². The summed E-state index contributed by atoms with van der Waals surface area (Å²) in [6.07, 6.45) is 0. The number of hydrogen-bond acceptors (Lipinski definition) is 1. The molecule has 2 rings (SSSR count). The Hall–Kier alpha value is -0.437. The van der Waals surface area contributed by atoms with E-state index in [-0.39, 0.29) is 5.82 Å². The Balaban J connectivity index is 0.000000771. The quantitative estimate of drug-likeness (QED) is 0.554. The first-order valence-corrected chi connectivity index (χ1v) is 12.4. The van der Waals surface area contributed by atoms with Gasteiger partial charge in [-0.15, -0.1) is 5.56 Å². The molecule has 0 aliphatic rings. The monoisotopic (exact) mass is 378 g/mol. The van der Waals surface area contributed by atoms with Crippen molar-refractivity contribution >= 4 is 25.2 Å². The molecular weight excluding hydrogens is 372 g/mol. The number of benzene rings is 2. The Morgan fingerprint density at radius 2 is 1.89 bits per heavy atom. The van der Waals surface area contributed by atoms with Gasteiger partial charge in [-0.05, 0) is 12.1 Å². The summed E-state index contributed by atoms with van der Waals surface area (Å²) in [5, 5.41) is 0.406. The van der Waals surface area contributed by atoms with Gasteiger partial charge in [-0.2, -0.15) is 30.3 Å². The van der Waals surface area contributed by atoms with Gasteiger partial charge >= 0.3 is 30.0 Å². The molecule has 0 aliphatic carbocycles. The van der Waals surface area contributed by atoms with Crippen molar-refractivity contribution < 1.29 is 25.5 Å². The van der Waals surface area contributed by atoms with Crippen molar-refractivity contribution in [1.82, 2.24) is 0 Å². The van der Waals surface area contributed by atoms with Crippen molar-refractivity contribution in [2.45, 2.75) is 6.61 Å². The van der Waals surface area contributed by atoms with Crippen molar-refractivity contribution in [2.75, 3.05) is 0 Å². The molecule has 1 nitrogen and oxygen atoms in total. The average molecular weight is 381 g/mol. The molecule has 0 fully saturated rings. The number of halogens is 3. The first-order valence-electron chi connectivity index (χ1n) is 5.05. The first kappa shape index (κ1) is 15.6. The van der Waals surface area contributed by atoms with E-state index in [2.05, 4.69) is 19.7 Å². The molecule has 0 heterocycles. The molecule has 0 amide bonds. The molecule has 0 bridgehead atoms. The van der Waals surface area contributed by atoms with Crippen LogP contribution in [0.5, 0.6) is 5.75 Å². The standard InChI is InChI=1S/C13H9ClFO.BrH.Zn/c14-12-7-6-11(15)8-13(12)16-9-10-4-2-1-3-5-10;;/h2-8H,9H2;1H;/q-1;;+2/p-1. The van der Waals surface area contributed by atoms with Gasteiger partial charge in [-0.25, -0.2) is 4.39 Å². The predicted octanol–water partition coefficient (Wildman–Crippen LogP) is 4.70. The molecule has 18 heavy (non-hydrogen) atoms. The fraction of sp³-hybridized carbons (Fsp3) is 0.0769. The number of ether oxygens (including phenoxy) is 1. The summed E-state index contributed by atoms with van der Waals surface area (Å²) in [4.78, 5) is 0. The van der Waals surface area contributed by atoms with Crippen LogP contribution in [-0.4, -0.2) is 0 Å². The minimum atomic E-state index is -0.360. The maximum absolute atomic E-state index is 12.9. The molecule has 0 aromatic heterocycles. The van der Waals surface area contributed by atoms with Gasteiger partial charge in [0.2, 0.25) is 0 Å². The Bertz CT molecular complexity index is 482. The van der Waals surface area contributed by atoms with Gasteiger partial charge < -0.3 is 4.74 Å². The maximum atomic E-state index is 12.9. The van der Waals surface area contributed by atoms with Crippen LogP contribution in [-0.2, 0) is 22.9 Å². The van der Waals surface area contributed by atoms with Crippen molar-refractivity contribution in [2.24, 2.45) is 0 Å². The zero-order valence-electron chi connectivity index (χ0n) is 9.50. The van der Waals surface area contributed by atoms with E-state index in [0.717, 1.165) is 5.56 Å². The summed E-state index contributed by atoms with van der Waals surface area (Å²) in [6.45, 7) is 0.359. The van der Waals surface area contributed by atoms with Gasteiger partial charge in [0.1, 0.15) is 11.6 Å². The molecule has 5 heteroatoms. The summed E-state index contributed by atoms with van der Waals surface area (Å²) < 4.78 is 18.3. The SMILES string of the molecule is Fc1ccc(Cl)c(OCc2cc[c-]cc2)c1.[Zn+][Br]. The van der Waals surface area contributed by atoms with E-state index in [0.29, 0.717) is 17.4 Å². The number of hydrogen-bond donors (Lipinski definition) is 0. The van der Waals surface area contributed by atoms with Crippen molar-refractivity contribution in [3.63, 3.8) is 0 Å². The summed E-state index contributed by atoms with van der Waals surface area (Å²) in [7, 11) is 0. The molecule has 0 saturated carbocycles. The molecule has 0 N–H and O–H groups in total. The van der Waals surface area contributed by atoms with Crippen molar-refractivity contribution in [1.29, 1.82) is 0 Å². The zero-order valence-corrected chi connectivity index (χ0v) is 14.8. The van der Waals surface area contributed by atoms with Crippen LogP contribution in [0.15, 0.2) is 42.5 Å². The number of rotatable bonds is 3. The van der Waals surface area contributed by atoms with Crippen LogP contribution in [0.2, 0.25) is 5.02 Å². The summed E-state index contributed by atoms with van der Waals surface area (Å²) >= 11 is 10.1. The van der Waals surface area contributed by atoms with Crippen LogP contribution >= 0.6 is 25.2 Å². The van der Waals surface area contributed by atoms with Crippen molar-refractivity contribution in [3.8, 4) is 5.75 Å². The van der Waals surface area contributed by atoms with Gasteiger partial charge in [-0.1, -0.05) is 11.6 Å². The Morgan fingerprint density at radius 3 is 2.56 bits per heavy atom. The minimum absolute atomic E-state index is 0.356. The molecular formula is C13H9BrClFOZn. The van der Waals surface area contributed by atoms with Crippen LogP contribution in [0.25, 0.3) is 0 Å². The molecule has 0 saturated heterocycles. The Morgan fingerprint density at radius 1 is 1.22 bits per heavy atom. The van der Waals surface area contributed by atoms with E-state index in [9.17, 15) is 4.39 Å². The second kappa shape index (κ2) is 8.63. The third-order valence-electron chi connectivity index (χ3n) is 2.07. The first-order chi connectivity index (χ1) is 8.75. The van der Waals surface area contributed by atoms with Crippen LogP contribution in [0.1, 0.15) is 5.56 Å². The van der Waals surface area contributed by atoms with Crippen LogP contribution in [0.4, 0.5) is 4.39 Å². The van der Waals surface area contributed by atoms with Gasteiger partial charge in [0, 0.05) is 6.07 Å². The Kier molecular flexibility index (Phi) is 7.49. The zero-order chi connectivity index (χ0) is 13.4. The van der Waals surface area contributed by atoms with E-state index in [1.165, 1.54) is 34.5 Å². The second-order valence-electron chi connectivity index (χ2n) is 3.27. The third kappa shape index (κ3) is 5.05. The van der Waals surface area contributed by atoms with E-state index in [1.54, 1.807) is 12.1 Å². The Labute approximate surface area is 127 Å². The van der Waals surface area contributed by atoms with E-state index >= 15 is 0 Å². The molecule has 90 valence electrons. The molecule has 0 spiro atoms. The van der Waals surface area contributed by atoms with Gasteiger partial charge in [0.25, 0.3) is 0 Å². The topological polar surface area (TPSA) is 9.23 Å². The summed E-state index contributed by atoms with van der Waals surface area (Å²) in [5.41, 5.74) is 0.985. The molecule has 0 unspecified atom stereocenters. The van der Waals surface area contributed by atoms with Crippen molar-refractivity contribution in [3.05, 3.63) is 64.9 Å². The van der Waals surface area contributed by atoms with E-state index in [4.69, 9.17) is 16.3 Å². The second-order valence-corrected chi connectivity index (χ2v) is 3.68. The van der Waals surface area contributed by atoms with E-state index in [1.807, 2.05) is 12.1 Å². The molecule has 0 radical (unpaired) electrons. The molecule has 0 atom stereocenters. The molecule has 2 aromatic rings. The van der Waals surface area contributed by atoms with E-state index < -0.39 is 0 Å². The summed E-state index contributed by atoms with van der Waals surface area (Å²) in [6, 6.07) is 14.3. The molecule has 2 aromatic carbocycles. The average Bonchev–Trinajstić information content (AvgIpc) is 2.43. The normalized spacial score (nSPS) is 9.39. The predicted molar refractivity (Wildman–Crippen MR) is 69.9 cm³/mol. The third-order valence-corrected chi connectivity index (χ3v) is 2.39. The summed E-state index contributed by atoms with van der Waals surface area (Å²) in [5.74, 6) is -0.00436. The fourth-order valence-corrected chi connectivity index (χ4v) is 1.44. The molecule has 0 aliphatic heterocycles. The van der Waals surface area contributed by atoms with Crippen LogP contribution < -0.4 is 4.74 Å².